The molecule has 156 valence electrons. The predicted octanol–water partition coefficient (Wildman–Crippen LogP) is 5.27. The molecule has 0 bridgehead atoms. The van der Waals surface area contributed by atoms with Crippen LogP contribution in [0.3, 0.4) is 0 Å². The van der Waals surface area contributed by atoms with Gasteiger partial charge in [-0.15, -0.1) is 0 Å². The monoisotopic (exact) mass is 396 g/mol. The van der Waals surface area contributed by atoms with Gasteiger partial charge in [0.2, 0.25) is 0 Å². The second-order valence-electron chi connectivity index (χ2n) is 9.98. The molecule has 4 aliphatic rings. The predicted molar refractivity (Wildman–Crippen MR) is 109 cm³/mol. The van der Waals surface area contributed by atoms with Gasteiger partial charge in [-0.3, -0.25) is 9.59 Å². The van der Waals surface area contributed by atoms with Gasteiger partial charge in [0.25, 0.3) is 0 Å². The van der Waals surface area contributed by atoms with Crippen LogP contribution in [-0.4, -0.2) is 17.9 Å². The summed E-state index contributed by atoms with van der Waals surface area (Å²) in [6.07, 6.45) is 13.3. The van der Waals surface area contributed by atoms with Crippen molar-refractivity contribution < 1.29 is 18.7 Å². The second-order valence-corrected chi connectivity index (χ2v) is 9.98. The molecule has 4 aliphatic carbocycles. The van der Waals surface area contributed by atoms with Crippen LogP contribution in [0.25, 0.3) is 0 Å². The molecule has 1 unspecified atom stereocenters. The number of carbonyl (C=O) groups excluding carboxylic acids is 2. The molecule has 4 heteroatoms. The van der Waals surface area contributed by atoms with Crippen molar-refractivity contribution in [2.75, 3.05) is 0 Å². The van der Waals surface area contributed by atoms with E-state index in [1.54, 1.807) is 6.26 Å². The third-order valence-corrected chi connectivity index (χ3v) is 8.64. The fourth-order valence-electron chi connectivity index (χ4n) is 7.22. The molecule has 0 radical (unpaired) electrons. The molecule has 3 fully saturated rings. The van der Waals surface area contributed by atoms with E-state index >= 15 is 0 Å². The molecule has 5 rings (SSSR count). The van der Waals surface area contributed by atoms with Crippen LogP contribution in [0.5, 0.6) is 0 Å². The number of furan rings is 1. The Balaban J connectivity index is 1.25. The Hall–Kier alpha value is -1.84. The number of ketones is 1. The molecule has 29 heavy (non-hydrogen) atoms. The summed E-state index contributed by atoms with van der Waals surface area (Å²) in [5, 5.41) is 0. The van der Waals surface area contributed by atoms with Crippen LogP contribution >= 0.6 is 0 Å². The number of esters is 1. The van der Waals surface area contributed by atoms with Crippen LogP contribution in [0.2, 0.25) is 0 Å². The van der Waals surface area contributed by atoms with E-state index in [0.717, 1.165) is 49.7 Å². The Bertz CT molecular complexity index is 807. The molecular weight excluding hydrogens is 364 g/mol. The van der Waals surface area contributed by atoms with Crippen molar-refractivity contribution in [2.45, 2.75) is 77.2 Å². The van der Waals surface area contributed by atoms with E-state index in [1.165, 1.54) is 24.8 Å². The van der Waals surface area contributed by atoms with E-state index in [0.29, 0.717) is 30.5 Å². The van der Waals surface area contributed by atoms with Gasteiger partial charge in [0.15, 0.2) is 5.78 Å². The van der Waals surface area contributed by atoms with Crippen molar-refractivity contribution in [3.63, 3.8) is 0 Å². The summed E-state index contributed by atoms with van der Waals surface area (Å²) in [6.45, 7) is 2.38. The highest BCUT2D eigenvalue weighted by Crippen LogP contribution is 2.62. The average molecular weight is 397 g/mol. The molecular formula is C25H32O4. The lowest BCUT2D eigenvalue weighted by molar-refractivity contribution is -0.158. The summed E-state index contributed by atoms with van der Waals surface area (Å²) in [5.41, 5.74) is 1.55. The highest BCUT2D eigenvalue weighted by molar-refractivity contribution is 5.91. The van der Waals surface area contributed by atoms with Gasteiger partial charge in [-0.05, 0) is 86.8 Å². The van der Waals surface area contributed by atoms with Gasteiger partial charge in [-0.25, -0.2) is 0 Å². The van der Waals surface area contributed by atoms with Gasteiger partial charge in [-0.2, -0.15) is 0 Å². The van der Waals surface area contributed by atoms with Crippen molar-refractivity contribution in [3.8, 4) is 0 Å². The number of allylic oxidation sites excluding steroid dienone is 1. The maximum absolute atomic E-state index is 12.5. The van der Waals surface area contributed by atoms with E-state index < -0.39 is 0 Å². The number of ether oxygens (including phenoxy) is 1. The first-order valence-electron chi connectivity index (χ1n) is 11.5. The maximum atomic E-state index is 12.5. The van der Waals surface area contributed by atoms with Gasteiger partial charge in [0.05, 0.1) is 12.7 Å². The van der Waals surface area contributed by atoms with Crippen molar-refractivity contribution in [3.05, 3.63) is 35.8 Å². The van der Waals surface area contributed by atoms with E-state index in [4.69, 9.17) is 9.15 Å². The number of hydrogen-bond acceptors (Lipinski definition) is 4. The molecule has 6 atom stereocenters. The molecule has 0 aliphatic heterocycles. The van der Waals surface area contributed by atoms with E-state index in [9.17, 15) is 9.59 Å². The summed E-state index contributed by atoms with van der Waals surface area (Å²) in [6, 6.07) is 3.76. The highest BCUT2D eigenvalue weighted by atomic mass is 16.5. The SMILES string of the molecule is C[C@]12CC[C@H]3[C@@H](CCC4=CC(=O)CC[C@@H]43)[C@@H]1CCC2OC(=O)CCc1ccco1. The lowest BCUT2D eigenvalue weighted by Gasteiger charge is -2.53. The van der Waals surface area contributed by atoms with Crippen LogP contribution in [0.1, 0.15) is 70.5 Å². The fourth-order valence-corrected chi connectivity index (χ4v) is 7.22. The fraction of sp³-hybridized carbons (Fsp3) is 0.680. The standard InChI is InChI=1S/C25H32O4/c1-25-13-12-20-19-8-5-17(26)15-16(19)4-7-21(20)22(25)9-10-23(25)29-24(27)11-6-18-3-2-14-28-18/h2-3,14-15,19-23H,4-13H2,1H3/t19-,20+,21+,22-,23?,25-/m0/s1. The quantitative estimate of drug-likeness (QED) is 0.651. The number of carbonyl (C=O) groups is 2. The molecule has 1 aromatic rings. The number of rotatable bonds is 4. The summed E-state index contributed by atoms with van der Waals surface area (Å²) in [7, 11) is 0. The van der Waals surface area contributed by atoms with Crippen molar-refractivity contribution in [1.29, 1.82) is 0 Å². The molecule has 3 saturated carbocycles. The van der Waals surface area contributed by atoms with Gasteiger partial charge in [0.1, 0.15) is 11.9 Å². The Morgan fingerprint density at radius 1 is 1.17 bits per heavy atom. The first kappa shape index (κ1) is 19.1. The average Bonchev–Trinajstić information content (AvgIpc) is 3.34. The molecule has 0 spiro atoms. The molecule has 4 nitrogen and oxygen atoms in total. The Labute approximate surface area is 173 Å². The van der Waals surface area contributed by atoms with Crippen LogP contribution in [0, 0.1) is 29.1 Å². The van der Waals surface area contributed by atoms with Crippen LogP contribution < -0.4 is 0 Å². The third kappa shape index (κ3) is 3.39. The first-order valence-corrected chi connectivity index (χ1v) is 11.5. The Morgan fingerprint density at radius 2 is 2.07 bits per heavy atom. The van der Waals surface area contributed by atoms with E-state index in [-0.39, 0.29) is 17.5 Å². The minimum atomic E-state index is -0.0879. The van der Waals surface area contributed by atoms with Crippen molar-refractivity contribution in [1.82, 2.24) is 0 Å². The van der Waals surface area contributed by atoms with Crippen LogP contribution in [-0.2, 0) is 20.7 Å². The largest absolute Gasteiger partial charge is 0.469 e. The third-order valence-electron chi connectivity index (χ3n) is 8.64. The van der Waals surface area contributed by atoms with Gasteiger partial charge >= 0.3 is 5.97 Å². The van der Waals surface area contributed by atoms with Gasteiger partial charge < -0.3 is 9.15 Å². The highest BCUT2D eigenvalue weighted by Gasteiger charge is 2.57. The summed E-state index contributed by atoms with van der Waals surface area (Å²) in [5.74, 6) is 3.84. The zero-order valence-electron chi connectivity index (χ0n) is 17.4. The molecule has 1 heterocycles. The first-order chi connectivity index (χ1) is 14.0. The number of hydrogen-bond donors (Lipinski definition) is 0. The molecule has 1 aromatic heterocycles. The lowest BCUT2D eigenvalue weighted by Crippen LogP contribution is -2.48. The Kier molecular flexibility index (Phi) is 4.92. The number of fused-ring (bicyclic) bond motifs is 5. The van der Waals surface area contributed by atoms with Gasteiger partial charge in [0, 0.05) is 18.3 Å². The van der Waals surface area contributed by atoms with Gasteiger partial charge in [-0.1, -0.05) is 12.5 Å². The van der Waals surface area contributed by atoms with E-state index in [1.807, 2.05) is 18.2 Å². The molecule has 0 N–H and O–H groups in total. The minimum Gasteiger partial charge on any atom is -0.469 e. The smallest absolute Gasteiger partial charge is 0.306 e. The summed E-state index contributed by atoms with van der Waals surface area (Å²) < 4.78 is 11.4. The second kappa shape index (κ2) is 7.45. The summed E-state index contributed by atoms with van der Waals surface area (Å²) >= 11 is 0. The molecule has 0 amide bonds. The lowest BCUT2D eigenvalue weighted by atomic mass is 9.52. The topological polar surface area (TPSA) is 56.5 Å². The number of aryl methyl sites for hydroxylation is 1. The van der Waals surface area contributed by atoms with Crippen molar-refractivity contribution >= 4 is 11.8 Å². The normalized spacial score (nSPS) is 38.6. The zero-order chi connectivity index (χ0) is 20.0. The Morgan fingerprint density at radius 3 is 2.90 bits per heavy atom. The summed E-state index contributed by atoms with van der Waals surface area (Å²) in [4.78, 5) is 24.4. The minimum absolute atomic E-state index is 0.0578. The zero-order valence-corrected chi connectivity index (χ0v) is 17.4. The molecule has 0 aromatic carbocycles. The van der Waals surface area contributed by atoms with Crippen LogP contribution in [0.15, 0.2) is 34.5 Å². The van der Waals surface area contributed by atoms with Crippen LogP contribution in [0.4, 0.5) is 0 Å². The van der Waals surface area contributed by atoms with Crippen molar-refractivity contribution in [2.24, 2.45) is 29.1 Å². The maximum Gasteiger partial charge on any atom is 0.306 e. The van der Waals surface area contributed by atoms with E-state index in [2.05, 4.69) is 6.92 Å². The molecule has 0 saturated heterocycles.